The van der Waals surface area contributed by atoms with Crippen molar-refractivity contribution < 1.29 is 9.53 Å². The standard InChI is InChI=1S/C21H22N4O3/c1-13-7-5-10-18(14(13)2)23-20(26)15(3)25-21(27)24-19(12-22-25)16-8-6-9-17(11-16)28-4/h5-12,15H,1-4H3,(H,23,26)/t15-/m0/s1. The summed E-state index contributed by atoms with van der Waals surface area (Å²) in [6.45, 7) is 5.52. The third-order valence-electron chi connectivity index (χ3n) is 4.69. The van der Waals surface area contributed by atoms with E-state index in [0.29, 0.717) is 22.7 Å². The lowest BCUT2D eigenvalue weighted by atomic mass is 10.1. The summed E-state index contributed by atoms with van der Waals surface area (Å²) in [5.41, 5.74) is 3.31. The van der Waals surface area contributed by atoms with Crippen LogP contribution in [0.2, 0.25) is 0 Å². The Balaban J connectivity index is 1.84. The van der Waals surface area contributed by atoms with Crippen LogP contribution in [0.15, 0.2) is 53.5 Å². The van der Waals surface area contributed by atoms with Crippen LogP contribution in [0.1, 0.15) is 24.1 Å². The molecule has 1 N–H and O–H groups in total. The number of nitrogens with zero attached hydrogens (tertiary/aromatic N) is 3. The molecule has 144 valence electrons. The molecule has 3 rings (SSSR count). The molecule has 0 aliphatic heterocycles. The van der Waals surface area contributed by atoms with E-state index in [0.717, 1.165) is 15.8 Å². The molecule has 2 aromatic carbocycles. The number of aromatic nitrogens is 3. The summed E-state index contributed by atoms with van der Waals surface area (Å²) in [6.07, 6.45) is 1.47. The van der Waals surface area contributed by atoms with E-state index in [-0.39, 0.29) is 5.91 Å². The summed E-state index contributed by atoms with van der Waals surface area (Å²) in [4.78, 5) is 29.1. The van der Waals surface area contributed by atoms with Gasteiger partial charge in [0.25, 0.3) is 0 Å². The van der Waals surface area contributed by atoms with E-state index in [1.54, 1.807) is 26.2 Å². The number of nitrogens with one attached hydrogen (secondary N) is 1. The van der Waals surface area contributed by atoms with Gasteiger partial charge in [0, 0.05) is 11.3 Å². The zero-order valence-corrected chi connectivity index (χ0v) is 16.3. The van der Waals surface area contributed by atoms with Gasteiger partial charge in [-0.25, -0.2) is 9.48 Å². The van der Waals surface area contributed by atoms with Gasteiger partial charge in [-0.15, -0.1) is 0 Å². The molecule has 0 fully saturated rings. The number of carbonyl (C=O) groups excluding carboxylic acids is 1. The summed E-state index contributed by atoms with van der Waals surface area (Å²) in [7, 11) is 1.57. The van der Waals surface area contributed by atoms with Gasteiger partial charge in [-0.05, 0) is 50.1 Å². The Bertz CT molecular complexity index is 1080. The topological polar surface area (TPSA) is 86.1 Å². The van der Waals surface area contributed by atoms with Crippen LogP contribution < -0.4 is 15.7 Å². The first-order valence-corrected chi connectivity index (χ1v) is 8.88. The van der Waals surface area contributed by atoms with Crippen molar-refractivity contribution in [2.24, 2.45) is 0 Å². The number of hydrogen-bond acceptors (Lipinski definition) is 5. The number of hydrogen-bond donors (Lipinski definition) is 1. The zero-order chi connectivity index (χ0) is 20.3. The number of carbonyl (C=O) groups is 1. The van der Waals surface area contributed by atoms with Gasteiger partial charge in [0.2, 0.25) is 5.91 Å². The predicted octanol–water partition coefficient (Wildman–Crippen LogP) is 3.13. The number of ether oxygens (including phenoxy) is 1. The number of methoxy groups -OCH3 is 1. The molecule has 1 heterocycles. The van der Waals surface area contributed by atoms with Gasteiger partial charge in [0.05, 0.1) is 19.0 Å². The van der Waals surface area contributed by atoms with Crippen LogP contribution in [-0.4, -0.2) is 27.8 Å². The van der Waals surface area contributed by atoms with E-state index in [1.807, 2.05) is 44.2 Å². The SMILES string of the molecule is COc1cccc(-c2cnn([C@@H](C)C(=O)Nc3cccc(C)c3C)c(=O)n2)c1. The molecule has 28 heavy (non-hydrogen) atoms. The first kappa shape index (κ1) is 19.3. The van der Waals surface area contributed by atoms with Crippen LogP contribution in [0.3, 0.4) is 0 Å². The number of anilines is 1. The van der Waals surface area contributed by atoms with Crippen molar-refractivity contribution in [1.29, 1.82) is 0 Å². The highest BCUT2D eigenvalue weighted by molar-refractivity contribution is 5.94. The van der Waals surface area contributed by atoms with Gasteiger partial charge in [-0.1, -0.05) is 24.3 Å². The van der Waals surface area contributed by atoms with E-state index >= 15 is 0 Å². The molecule has 0 saturated carbocycles. The minimum Gasteiger partial charge on any atom is -0.497 e. The molecular formula is C21H22N4O3. The van der Waals surface area contributed by atoms with E-state index in [2.05, 4.69) is 15.4 Å². The zero-order valence-electron chi connectivity index (χ0n) is 16.3. The second kappa shape index (κ2) is 8.04. The Morgan fingerprint density at radius 2 is 1.93 bits per heavy atom. The molecule has 0 spiro atoms. The van der Waals surface area contributed by atoms with Crippen LogP contribution in [-0.2, 0) is 4.79 Å². The lowest BCUT2D eigenvalue weighted by Crippen LogP contribution is -2.35. The summed E-state index contributed by atoms with van der Waals surface area (Å²) in [5, 5.41) is 7.01. The number of benzene rings is 2. The number of aryl methyl sites for hydroxylation is 1. The van der Waals surface area contributed by atoms with Crippen LogP contribution in [0.25, 0.3) is 11.3 Å². The summed E-state index contributed by atoms with van der Waals surface area (Å²) < 4.78 is 6.26. The van der Waals surface area contributed by atoms with E-state index in [4.69, 9.17) is 4.74 Å². The van der Waals surface area contributed by atoms with Crippen molar-refractivity contribution in [3.05, 3.63) is 70.3 Å². The maximum atomic E-state index is 12.6. The van der Waals surface area contributed by atoms with E-state index in [1.165, 1.54) is 6.20 Å². The Morgan fingerprint density at radius 1 is 1.18 bits per heavy atom. The molecule has 0 saturated heterocycles. The first-order chi connectivity index (χ1) is 13.4. The number of rotatable bonds is 5. The second-order valence-corrected chi connectivity index (χ2v) is 6.51. The lowest BCUT2D eigenvalue weighted by molar-refractivity contribution is -0.119. The fourth-order valence-corrected chi connectivity index (χ4v) is 2.77. The van der Waals surface area contributed by atoms with Crippen molar-refractivity contribution in [3.8, 4) is 17.0 Å². The van der Waals surface area contributed by atoms with Crippen LogP contribution >= 0.6 is 0 Å². The quantitative estimate of drug-likeness (QED) is 0.737. The second-order valence-electron chi connectivity index (χ2n) is 6.51. The summed E-state index contributed by atoms with van der Waals surface area (Å²) in [6, 6.07) is 12.1. The summed E-state index contributed by atoms with van der Waals surface area (Å²) in [5.74, 6) is 0.323. The largest absolute Gasteiger partial charge is 0.497 e. The minimum absolute atomic E-state index is 0.334. The maximum absolute atomic E-state index is 12.6. The fraction of sp³-hybridized carbons (Fsp3) is 0.238. The van der Waals surface area contributed by atoms with Crippen molar-refractivity contribution in [1.82, 2.24) is 14.8 Å². The first-order valence-electron chi connectivity index (χ1n) is 8.88. The molecule has 0 unspecified atom stereocenters. The van der Waals surface area contributed by atoms with Gasteiger partial charge in [0.15, 0.2) is 0 Å². The third-order valence-corrected chi connectivity index (χ3v) is 4.69. The van der Waals surface area contributed by atoms with E-state index < -0.39 is 11.7 Å². The van der Waals surface area contributed by atoms with Crippen molar-refractivity contribution >= 4 is 11.6 Å². The van der Waals surface area contributed by atoms with Crippen LogP contribution in [0, 0.1) is 13.8 Å². The Labute approximate surface area is 163 Å². The molecule has 0 aliphatic rings. The maximum Gasteiger partial charge on any atom is 0.365 e. The molecular weight excluding hydrogens is 356 g/mol. The van der Waals surface area contributed by atoms with Crippen LogP contribution in [0.5, 0.6) is 5.75 Å². The van der Waals surface area contributed by atoms with Crippen LogP contribution in [0.4, 0.5) is 5.69 Å². The highest BCUT2D eigenvalue weighted by Crippen LogP contribution is 2.21. The minimum atomic E-state index is -0.806. The predicted molar refractivity (Wildman–Crippen MR) is 108 cm³/mol. The average Bonchev–Trinajstić information content (AvgIpc) is 2.70. The number of amides is 1. The highest BCUT2D eigenvalue weighted by Gasteiger charge is 2.19. The van der Waals surface area contributed by atoms with Gasteiger partial charge in [-0.2, -0.15) is 10.1 Å². The molecule has 7 heteroatoms. The average molecular weight is 378 g/mol. The molecule has 0 radical (unpaired) electrons. The third kappa shape index (κ3) is 3.93. The van der Waals surface area contributed by atoms with Crippen molar-refractivity contribution in [2.45, 2.75) is 26.8 Å². The molecule has 0 bridgehead atoms. The highest BCUT2D eigenvalue weighted by atomic mass is 16.5. The molecule has 7 nitrogen and oxygen atoms in total. The summed E-state index contributed by atoms with van der Waals surface area (Å²) >= 11 is 0. The van der Waals surface area contributed by atoms with Crippen molar-refractivity contribution in [3.63, 3.8) is 0 Å². The fourth-order valence-electron chi connectivity index (χ4n) is 2.77. The molecule has 1 atom stereocenters. The van der Waals surface area contributed by atoms with E-state index in [9.17, 15) is 9.59 Å². The molecule has 3 aromatic rings. The smallest absolute Gasteiger partial charge is 0.365 e. The Hall–Kier alpha value is -3.48. The van der Waals surface area contributed by atoms with Gasteiger partial charge in [0.1, 0.15) is 11.8 Å². The van der Waals surface area contributed by atoms with Gasteiger partial charge in [-0.3, -0.25) is 4.79 Å². The molecule has 1 amide bonds. The van der Waals surface area contributed by atoms with Crippen molar-refractivity contribution in [2.75, 3.05) is 12.4 Å². The monoisotopic (exact) mass is 378 g/mol. The molecule has 1 aromatic heterocycles. The lowest BCUT2D eigenvalue weighted by Gasteiger charge is -2.15. The normalized spacial score (nSPS) is 11.7. The Kier molecular flexibility index (Phi) is 5.54. The molecule has 0 aliphatic carbocycles. The van der Waals surface area contributed by atoms with Gasteiger partial charge >= 0.3 is 5.69 Å². The Morgan fingerprint density at radius 3 is 2.64 bits per heavy atom. The van der Waals surface area contributed by atoms with Gasteiger partial charge < -0.3 is 10.1 Å².